The molecule has 3 rings (SSSR count). The van der Waals surface area contributed by atoms with E-state index in [0.717, 1.165) is 12.0 Å². The van der Waals surface area contributed by atoms with Crippen molar-refractivity contribution < 1.29 is 33.2 Å². The van der Waals surface area contributed by atoms with Crippen molar-refractivity contribution in [1.29, 1.82) is 0 Å². The zero-order valence-corrected chi connectivity index (χ0v) is 21.1. The Balaban J connectivity index is 1.91. The molecule has 1 saturated heterocycles. The average molecular weight is 515 g/mol. The number of aryl methyl sites for hydroxylation is 1. The first-order chi connectivity index (χ1) is 17.5. The van der Waals surface area contributed by atoms with E-state index >= 15 is 0 Å². The lowest BCUT2D eigenvalue weighted by molar-refractivity contribution is -0.175. The Hall–Kier alpha value is -3.13. The maximum Gasteiger partial charge on any atom is 0.407 e. The van der Waals surface area contributed by atoms with Gasteiger partial charge < -0.3 is 24.8 Å². The Kier molecular flexibility index (Phi) is 10.5. The molecule has 192 valence electrons. The number of amides is 1. The van der Waals surface area contributed by atoms with Crippen molar-refractivity contribution in [2.24, 2.45) is 0 Å². The molecule has 0 radical (unpaired) electrons. The first kappa shape index (κ1) is 27.5. The Labute approximate surface area is 212 Å². The van der Waals surface area contributed by atoms with Crippen LogP contribution in [0.1, 0.15) is 37.3 Å². The molecule has 0 aliphatic carbocycles. The summed E-state index contributed by atoms with van der Waals surface area (Å²) in [6, 6.07) is 16.6. The summed E-state index contributed by atoms with van der Waals surface area (Å²) in [4.78, 5) is 38.6. The minimum absolute atomic E-state index is 0.0977. The van der Waals surface area contributed by atoms with E-state index in [4.69, 9.17) is 14.2 Å². The fourth-order valence-electron chi connectivity index (χ4n) is 3.95. The number of esters is 2. The molecule has 1 fully saturated rings. The van der Waals surface area contributed by atoms with Crippen molar-refractivity contribution >= 4 is 26.5 Å². The van der Waals surface area contributed by atoms with Gasteiger partial charge in [-0.25, -0.2) is 14.4 Å². The van der Waals surface area contributed by atoms with Crippen molar-refractivity contribution in [3.63, 3.8) is 0 Å². The van der Waals surface area contributed by atoms with Gasteiger partial charge >= 0.3 is 18.0 Å². The van der Waals surface area contributed by atoms with Gasteiger partial charge in [-0.2, -0.15) is 0 Å². The highest BCUT2D eigenvalue weighted by Crippen LogP contribution is 2.35. The molecule has 3 atom stereocenters. The Morgan fingerprint density at radius 2 is 1.75 bits per heavy atom. The lowest BCUT2D eigenvalue weighted by Crippen LogP contribution is -2.57. The molecule has 9 nitrogen and oxygen atoms in total. The van der Waals surface area contributed by atoms with Crippen LogP contribution in [0.5, 0.6) is 0 Å². The van der Waals surface area contributed by atoms with E-state index in [2.05, 4.69) is 10.6 Å². The van der Waals surface area contributed by atoms with Gasteiger partial charge in [-0.05, 0) is 50.3 Å². The first-order valence-corrected chi connectivity index (χ1v) is 12.8. The number of nitrogens with one attached hydrogen (secondary N) is 2. The Bertz CT molecular complexity index is 1020. The van der Waals surface area contributed by atoms with Crippen LogP contribution in [0.2, 0.25) is 0 Å². The summed E-state index contributed by atoms with van der Waals surface area (Å²) in [5.74, 6) is -1.91. The van der Waals surface area contributed by atoms with Crippen LogP contribution >= 0.6 is 8.46 Å². The van der Waals surface area contributed by atoms with Gasteiger partial charge in [-0.1, -0.05) is 60.7 Å². The van der Waals surface area contributed by atoms with Gasteiger partial charge in [0.05, 0.1) is 19.3 Å². The summed E-state index contributed by atoms with van der Waals surface area (Å²) in [5, 5.41) is 3.41. The van der Waals surface area contributed by atoms with Crippen LogP contribution in [0.4, 0.5) is 4.79 Å². The minimum atomic E-state index is -2.19. The topological polar surface area (TPSA) is 120 Å². The zero-order valence-electron chi connectivity index (χ0n) is 20.2. The van der Waals surface area contributed by atoms with E-state index < -0.39 is 43.9 Å². The minimum Gasteiger partial charge on any atom is -0.450 e. The number of ether oxygens (including phenoxy) is 3. The van der Waals surface area contributed by atoms with Crippen molar-refractivity contribution in [3.8, 4) is 0 Å². The van der Waals surface area contributed by atoms with Gasteiger partial charge in [0, 0.05) is 0 Å². The number of hydrogen-bond donors (Lipinski definition) is 2. The van der Waals surface area contributed by atoms with Crippen LogP contribution in [0, 0.1) is 0 Å². The predicted octanol–water partition coefficient (Wildman–Crippen LogP) is 3.76. The average Bonchev–Trinajstić information content (AvgIpc) is 3.44. The van der Waals surface area contributed by atoms with Crippen LogP contribution in [-0.2, 0) is 41.4 Å². The molecule has 36 heavy (non-hydrogen) atoms. The number of hydrogen-bond acceptors (Lipinski definition) is 8. The van der Waals surface area contributed by atoms with Crippen LogP contribution in [0.15, 0.2) is 60.7 Å². The molecular weight excluding hydrogens is 483 g/mol. The molecule has 1 aliphatic heterocycles. The van der Waals surface area contributed by atoms with Crippen LogP contribution in [0.3, 0.4) is 0 Å². The normalized spacial score (nSPS) is 17.6. The molecule has 0 saturated carbocycles. The Morgan fingerprint density at radius 3 is 2.33 bits per heavy atom. The molecule has 1 heterocycles. The largest absolute Gasteiger partial charge is 0.450 e. The van der Waals surface area contributed by atoms with E-state index in [9.17, 15) is 18.9 Å². The molecule has 1 aliphatic rings. The Morgan fingerprint density at radius 1 is 1.08 bits per heavy atom. The highest BCUT2D eigenvalue weighted by molar-refractivity contribution is 7.27. The summed E-state index contributed by atoms with van der Waals surface area (Å²) >= 11 is 0. The van der Waals surface area contributed by atoms with E-state index in [-0.39, 0.29) is 19.6 Å². The van der Waals surface area contributed by atoms with E-state index in [0.29, 0.717) is 24.9 Å². The van der Waals surface area contributed by atoms with Crippen molar-refractivity contribution in [2.45, 2.75) is 56.6 Å². The highest BCUT2D eigenvalue weighted by Gasteiger charge is 2.52. The zero-order chi connectivity index (χ0) is 25.8. The lowest BCUT2D eigenvalue weighted by Gasteiger charge is -2.33. The van der Waals surface area contributed by atoms with E-state index in [1.807, 2.05) is 36.4 Å². The number of carbonyl (C=O) groups is 3. The third-order valence-electron chi connectivity index (χ3n) is 5.87. The van der Waals surface area contributed by atoms with Crippen LogP contribution in [0.25, 0.3) is 0 Å². The molecule has 0 spiro atoms. The fourth-order valence-corrected chi connectivity index (χ4v) is 4.51. The summed E-state index contributed by atoms with van der Waals surface area (Å²) in [5.41, 5.74) is 1.65. The molecular formula is C26H31N2O7P. The van der Waals surface area contributed by atoms with Crippen molar-refractivity contribution in [3.05, 3.63) is 71.8 Å². The number of rotatable bonds is 12. The molecule has 10 heteroatoms. The summed E-state index contributed by atoms with van der Waals surface area (Å²) in [6.45, 7) is 2.27. The second-order valence-corrected chi connectivity index (χ2v) is 9.21. The first-order valence-electron chi connectivity index (χ1n) is 12.0. The third-order valence-corrected chi connectivity index (χ3v) is 6.77. The molecule has 2 aromatic carbocycles. The molecule has 2 aromatic rings. The molecule has 1 amide bonds. The highest BCUT2D eigenvalue weighted by atomic mass is 31.1. The fraction of sp³-hybridized carbons (Fsp3) is 0.423. The molecule has 2 N–H and O–H groups in total. The number of alkyl carbamates (subject to hydrolysis) is 1. The smallest absolute Gasteiger partial charge is 0.407 e. The van der Waals surface area contributed by atoms with Crippen LogP contribution < -0.4 is 10.6 Å². The lowest BCUT2D eigenvalue weighted by atomic mass is 10.00. The quantitative estimate of drug-likeness (QED) is 0.250. The standard InChI is InChI=1S/C26H31N2O7P/c1-2-33-25(31)28-22(16-15-19-10-5-3-6-11-19)26(36-32,34-18-20-12-7-4-8-13-20)24(30)35-23(29)21-14-9-17-27-21/h3-8,10-13,21-22,27H,2,9,14-18H2,1H3,(H,28,31)/t21-,22?,26?/m0/s1. The van der Waals surface area contributed by atoms with E-state index in [1.165, 1.54) is 0 Å². The van der Waals surface area contributed by atoms with Crippen molar-refractivity contribution in [2.75, 3.05) is 13.2 Å². The molecule has 0 aromatic heterocycles. The van der Waals surface area contributed by atoms with E-state index in [1.54, 1.807) is 31.2 Å². The van der Waals surface area contributed by atoms with Gasteiger partial charge in [0.15, 0.2) is 0 Å². The van der Waals surface area contributed by atoms with Gasteiger partial charge in [0.2, 0.25) is 8.46 Å². The number of benzene rings is 2. The third kappa shape index (κ3) is 7.43. The molecule has 2 unspecified atom stereocenters. The second-order valence-electron chi connectivity index (χ2n) is 8.36. The van der Waals surface area contributed by atoms with Crippen molar-refractivity contribution in [1.82, 2.24) is 10.6 Å². The second kappa shape index (κ2) is 13.8. The summed E-state index contributed by atoms with van der Waals surface area (Å²) in [6.07, 6.45) is 1.08. The predicted molar refractivity (Wildman–Crippen MR) is 132 cm³/mol. The maximum absolute atomic E-state index is 13.5. The van der Waals surface area contributed by atoms with Gasteiger partial charge in [0.25, 0.3) is 5.34 Å². The summed E-state index contributed by atoms with van der Waals surface area (Å²) < 4.78 is 28.9. The SMILES string of the molecule is CCOC(=O)NC(CCc1ccccc1)C(OCc1ccccc1)(P=O)C(=O)OC(=O)[C@@H]1CCCN1. The van der Waals surface area contributed by atoms with Crippen LogP contribution in [-0.4, -0.2) is 48.6 Å². The summed E-state index contributed by atoms with van der Waals surface area (Å²) in [7, 11) is -0.768. The van der Waals surface area contributed by atoms with Gasteiger partial charge in [0.1, 0.15) is 6.04 Å². The van der Waals surface area contributed by atoms with Gasteiger partial charge in [-0.3, -0.25) is 4.57 Å². The molecule has 0 bridgehead atoms. The maximum atomic E-state index is 13.5. The monoisotopic (exact) mass is 514 g/mol. The number of carbonyl (C=O) groups excluding carboxylic acids is 3. The van der Waals surface area contributed by atoms with Gasteiger partial charge in [-0.15, -0.1) is 0 Å².